The molecule has 3 heterocycles. The number of nitrogen functional groups attached to an aromatic ring is 1. The highest BCUT2D eigenvalue weighted by atomic mass is 35.5. The molecule has 0 aliphatic rings. The molecule has 20 nitrogen and oxygen atoms in total. The van der Waals surface area contributed by atoms with E-state index in [9.17, 15) is 49.2 Å². The van der Waals surface area contributed by atoms with E-state index in [-0.39, 0.29) is 24.5 Å². The van der Waals surface area contributed by atoms with E-state index in [2.05, 4.69) is 25.4 Å². The number of ether oxygens (including phenoxy) is 2. The fourth-order valence-corrected chi connectivity index (χ4v) is 11.7. The van der Waals surface area contributed by atoms with Crippen molar-refractivity contribution in [2.24, 2.45) is 5.14 Å². The highest BCUT2D eigenvalue weighted by Crippen LogP contribution is 2.27. The molecule has 7 rings (SSSR count). The molecule has 7 aromatic rings. The normalized spacial score (nSPS) is 10.7. The maximum Gasteiger partial charge on any atom is 0.337 e. The predicted molar refractivity (Wildman–Crippen MR) is 294 cm³/mol. The molecule has 394 valence electrons. The van der Waals surface area contributed by atoms with Crippen LogP contribution in [0.25, 0.3) is 0 Å². The zero-order valence-electron chi connectivity index (χ0n) is 39.2. The monoisotopic (exact) mass is 1210 g/mol. The van der Waals surface area contributed by atoms with Gasteiger partial charge in [0, 0.05) is 28.3 Å². The van der Waals surface area contributed by atoms with Crippen molar-refractivity contribution >= 4 is 164 Å². The fraction of sp³-hybridized carbons (Fsp3) is 0.0682. The van der Waals surface area contributed by atoms with Crippen LogP contribution in [0.5, 0.6) is 0 Å². The largest absolute Gasteiger partial charge is 0.465 e. The number of urea groups is 2. The van der Waals surface area contributed by atoms with E-state index in [1.54, 1.807) is 54.8 Å². The number of thiol groups is 1. The maximum atomic E-state index is 12.2. The number of thiophene rings is 3. The van der Waals surface area contributed by atoms with Crippen molar-refractivity contribution in [3.63, 3.8) is 0 Å². The molecule has 0 aliphatic carbocycles. The Kier molecular flexibility index (Phi) is 24.1. The van der Waals surface area contributed by atoms with Gasteiger partial charge in [-0.15, -0.1) is 34.0 Å². The number of sulfonamides is 3. The molecular formula is C44H42Cl3N7O13S7. The maximum absolute atomic E-state index is 12.2. The molecule has 0 unspecified atom stereocenters. The van der Waals surface area contributed by atoms with Crippen LogP contribution in [-0.4, -0.2) is 76.8 Å². The number of primary sulfonamides is 1. The molecule has 0 saturated heterocycles. The molecule has 0 saturated carbocycles. The first-order valence-corrected chi connectivity index (χ1v) is 28.8. The van der Waals surface area contributed by atoms with Gasteiger partial charge < -0.3 is 31.2 Å². The van der Waals surface area contributed by atoms with Gasteiger partial charge in [-0.3, -0.25) is 4.79 Å². The third kappa shape index (κ3) is 20.9. The van der Waals surface area contributed by atoms with Crippen LogP contribution in [0.3, 0.4) is 0 Å². The minimum atomic E-state index is -4.01. The van der Waals surface area contributed by atoms with Crippen molar-refractivity contribution in [2.45, 2.75) is 12.6 Å². The summed E-state index contributed by atoms with van der Waals surface area (Å²) in [6.45, 7) is 0. The summed E-state index contributed by atoms with van der Waals surface area (Å²) in [4.78, 5) is 58.1. The van der Waals surface area contributed by atoms with Crippen LogP contribution in [0.4, 0.5) is 32.3 Å². The van der Waals surface area contributed by atoms with E-state index >= 15 is 0 Å². The summed E-state index contributed by atoms with van der Waals surface area (Å²) >= 11 is 20.5. The van der Waals surface area contributed by atoms with Crippen molar-refractivity contribution in [1.29, 1.82) is 1.12 Å². The molecule has 5 amide bonds. The van der Waals surface area contributed by atoms with Crippen molar-refractivity contribution in [3.05, 3.63) is 169 Å². The van der Waals surface area contributed by atoms with Crippen molar-refractivity contribution in [3.8, 4) is 0 Å². The average Bonchev–Trinajstić information content (AvgIpc) is 4.14. The second kappa shape index (κ2) is 29.6. The summed E-state index contributed by atoms with van der Waals surface area (Å²) < 4.78 is 89.1. The molecule has 0 bridgehead atoms. The average molecular weight is 1210 g/mol. The summed E-state index contributed by atoms with van der Waals surface area (Å²) in [5.74, 6) is -1.16. The van der Waals surface area contributed by atoms with Gasteiger partial charge in [-0.05, 0) is 128 Å². The van der Waals surface area contributed by atoms with Crippen molar-refractivity contribution in [2.75, 3.05) is 42.2 Å². The Hall–Kier alpha value is -6.24. The summed E-state index contributed by atoms with van der Waals surface area (Å²) in [7, 11) is -8.94. The third-order valence-electron chi connectivity index (χ3n) is 8.24. The number of para-hydroxylation sites is 1. The number of anilines is 4. The van der Waals surface area contributed by atoms with Gasteiger partial charge in [0.2, 0.25) is 10.0 Å². The van der Waals surface area contributed by atoms with Gasteiger partial charge >= 0.3 is 24.0 Å². The van der Waals surface area contributed by atoms with E-state index in [0.717, 1.165) is 46.5 Å². The quantitative estimate of drug-likeness (QED) is 0.0340. The van der Waals surface area contributed by atoms with Crippen LogP contribution in [0.2, 0.25) is 13.0 Å². The van der Waals surface area contributed by atoms with Crippen LogP contribution in [0.15, 0.2) is 152 Å². The lowest BCUT2D eigenvalue weighted by Gasteiger charge is -2.09. The minimum absolute atomic E-state index is 0.0689. The summed E-state index contributed by atoms with van der Waals surface area (Å²) in [5, 5.41) is 12.3. The number of hydrogen-bond donors (Lipinski definition) is 8. The lowest BCUT2D eigenvalue weighted by Crippen LogP contribution is -2.33. The van der Waals surface area contributed by atoms with E-state index in [0.29, 0.717) is 52.4 Å². The van der Waals surface area contributed by atoms with Crippen molar-refractivity contribution < 1.29 is 58.7 Å². The Morgan fingerprint density at radius 1 is 0.514 bits per heavy atom. The summed E-state index contributed by atoms with van der Waals surface area (Å²) in [5.41, 5.74) is 8.56. The lowest BCUT2D eigenvalue weighted by atomic mass is 10.2. The van der Waals surface area contributed by atoms with Crippen LogP contribution >= 0.6 is 81.3 Å². The molecular weight excluding hydrogens is 1170 g/mol. The first-order valence-electron chi connectivity index (χ1n) is 20.3. The van der Waals surface area contributed by atoms with Gasteiger partial charge in [0.25, 0.3) is 26.0 Å². The Balaban J connectivity index is 0.000000280. The lowest BCUT2D eigenvalue weighted by molar-refractivity contribution is 0.0592. The number of halogens is 3. The molecule has 30 heteroatoms. The van der Waals surface area contributed by atoms with Crippen molar-refractivity contribution in [1.82, 2.24) is 9.44 Å². The molecule has 0 atom stereocenters. The van der Waals surface area contributed by atoms with Gasteiger partial charge in [-0.25, -0.2) is 59.0 Å². The van der Waals surface area contributed by atoms with Crippen LogP contribution in [0, 0.1) is 0 Å². The fourth-order valence-electron chi connectivity index (χ4n) is 4.97. The summed E-state index contributed by atoms with van der Waals surface area (Å²) in [6, 6.07) is 33.8. The standard InChI is InChI=1S/C18H14ClN3O4S2.C13H11ClN2O5S2.C8H9NO2.C4H4ClNO2S2.CH4S/c19-15-10-11-16(27-15)28(25,26)22-18(24)21-14-8-6-12(7-9-14)17(23)20-13-4-2-1-3-5-13;1-21-12(17)8-2-4-9(5-3-8)15-13(18)16-23(19,20)11-7-6-10(14)22-11;1-11-8(10)6-2-4-7(9)5-3-6;5-3-1-2-4(9-3)10(6,7)8;1-2/h1-11H,(H,20,23)(H2,21,22,24);2-7H,1H3,(H2,15,16,18);2-5H,9H2,1H3;1-2H,(H2,6,7,8);2H,1H3/i/hD. The van der Waals surface area contributed by atoms with Gasteiger partial charge in [-0.2, -0.15) is 12.5 Å². The van der Waals surface area contributed by atoms with E-state index in [1.165, 1.54) is 99.1 Å². The first kappa shape index (κ1) is 60.3. The molecule has 0 aliphatic heterocycles. The van der Waals surface area contributed by atoms with E-state index in [4.69, 9.17) is 46.8 Å². The number of benzene rings is 4. The first-order chi connectivity index (χ1) is 35.3. The van der Waals surface area contributed by atoms with Crippen LogP contribution in [-0.2, 0) is 39.5 Å². The Bertz CT molecular complexity index is 3370. The number of carbonyl (C=O) groups excluding carboxylic acids is 5. The van der Waals surface area contributed by atoms with E-state index < -0.39 is 48.1 Å². The predicted octanol–water partition coefficient (Wildman–Crippen LogP) is 9.51. The minimum Gasteiger partial charge on any atom is -0.465 e. The Morgan fingerprint density at radius 2 is 0.851 bits per heavy atom. The number of rotatable bonds is 11. The number of methoxy groups -OCH3 is 2. The summed E-state index contributed by atoms with van der Waals surface area (Å²) in [6.07, 6.45) is 1.71. The molecule has 4 aromatic carbocycles. The van der Waals surface area contributed by atoms with Crippen LogP contribution < -0.4 is 36.3 Å². The zero-order valence-corrected chi connectivity index (χ0v) is 46.2. The van der Waals surface area contributed by atoms with Gasteiger partial charge in [-0.1, -0.05) is 53.0 Å². The molecule has 74 heavy (non-hydrogen) atoms. The number of esters is 2. The highest BCUT2D eigenvalue weighted by Gasteiger charge is 2.21. The van der Waals surface area contributed by atoms with E-state index in [1.807, 2.05) is 15.5 Å². The zero-order chi connectivity index (χ0) is 55.9. The topological polar surface area (TPSA) is 318 Å². The second-order valence-electron chi connectivity index (χ2n) is 13.4. The molecule has 0 spiro atoms. The smallest absolute Gasteiger partial charge is 0.337 e. The Morgan fingerprint density at radius 3 is 1.18 bits per heavy atom. The number of hydrogen-bond acceptors (Lipinski definition) is 18. The number of amides is 5. The van der Waals surface area contributed by atoms with Gasteiger partial charge in [0.1, 0.15) is 13.8 Å². The SMILES string of the molecule is COC(=O)c1ccc(N)cc1.COC(=O)c1ccc(NC(=O)NS(=O)(=O)c2ccc(Cl)s2)cc1.NS(=O)(=O)c1ccc(Cl)s1.O=C(Nc1ccc(C(=O)Nc2ccccc2)cc1)NS(=O)(=O)c1ccc(Cl)s1.[2H]SC. The van der Waals surface area contributed by atoms with Gasteiger partial charge in [0.05, 0.1) is 38.4 Å². The molecule has 3 aromatic heterocycles. The van der Waals surface area contributed by atoms with Gasteiger partial charge in [0.15, 0.2) is 0 Å². The highest BCUT2D eigenvalue weighted by molar-refractivity contribution is 7.92. The Labute approximate surface area is 459 Å². The third-order valence-corrected chi connectivity index (χ3v) is 17.0. The number of nitrogens with two attached hydrogens (primary N) is 2. The molecule has 0 fully saturated rings. The molecule has 9 N–H and O–H groups in total. The number of nitrogens with one attached hydrogen (secondary N) is 5. The number of carbonyl (C=O) groups is 5. The van der Waals surface area contributed by atoms with Crippen LogP contribution in [0.1, 0.15) is 31.1 Å². The molecule has 0 radical (unpaired) electrons. The second-order valence-corrected chi connectivity index (χ2v) is 24.2.